The van der Waals surface area contributed by atoms with Gasteiger partial charge in [0.05, 0.1) is 19.3 Å². The summed E-state index contributed by atoms with van der Waals surface area (Å²) >= 11 is 0. The van der Waals surface area contributed by atoms with E-state index in [4.69, 9.17) is 9.47 Å². The molecule has 0 unspecified atom stereocenters. The van der Waals surface area contributed by atoms with Crippen molar-refractivity contribution in [3.8, 4) is 5.75 Å². The summed E-state index contributed by atoms with van der Waals surface area (Å²) in [6.07, 6.45) is 1.18. The number of nitrogens with zero attached hydrogens (tertiary/aromatic N) is 1. The first kappa shape index (κ1) is 9.19. The van der Waals surface area contributed by atoms with Gasteiger partial charge in [-0.1, -0.05) is 6.07 Å². The smallest absolute Gasteiger partial charge is 0.122 e. The highest BCUT2D eigenvalue weighted by Gasteiger charge is 2.19. The highest BCUT2D eigenvalue weighted by Crippen LogP contribution is 2.29. The molecule has 1 aromatic carbocycles. The van der Waals surface area contributed by atoms with Crippen LogP contribution >= 0.6 is 0 Å². The summed E-state index contributed by atoms with van der Waals surface area (Å²) < 4.78 is 11.2. The highest BCUT2D eigenvalue weighted by molar-refractivity contribution is 5.40. The molecular weight excluding hydrogens is 190 g/mol. The van der Waals surface area contributed by atoms with Crippen LogP contribution in [0.3, 0.4) is 0 Å². The average Bonchev–Trinajstić information content (AvgIpc) is 2.77. The molecule has 0 amide bonds. The van der Waals surface area contributed by atoms with Gasteiger partial charge in [-0.3, -0.25) is 0 Å². The van der Waals surface area contributed by atoms with Crippen molar-refractivity contribution in [1.82, 2.24) is 5.32 Å². The van der Waals surface area contributed by atoms with E-state index in [-0.39, 0.29) is 6.10 Å². The SMILES string of the molecule is c1cc2c(cc1[C@H]1C[N]CCO1)CCO2. The van der Waals surface area contributed by atoms with Crippen LogP contribution < -0.4 is 10.1 Å². The summed E-state index contributed by atoms with van der Waals surface area (Å²) in [5.41, 5.74) is 2.55. The third-order valence-electron chi connectivity index (χ3n) is 2.95. The van der Waals surface area contributed by atoms with Gasteiger partial charge in [0.15, 0.2) is 0 Å². The first-order chi connectivity index (χ1) is 7.43. The fourth-order valence-corrected chi connectivity index (χ4v) is 2.13. The Morgan fingerprint density at radius 2 is 2.27 bits per heavy atom. The van der Waals surface area contributed by atoms with Crippen LogP contribution in [0.5, 0.6) is 5.75 Å². The predicted molar refractivity (Wildman–Crippen MR) is 56.2 cm³/mol. The minimum absolute atomic E-state index is 0.157. The van der Waals surface area contributed by atoms with Crippen LogP contribution in [0.2, 0.25) is 0 Å². The van der Waals surface area contributed by atoms with Crippen LogP contribution in [0.25, 0.3) is 0 Å². The Kier molecular flexibility index (Phi) is 2.35. The molecular formula is C12H14NO2. The number of morpholine rings is 1. The Bertz CT molecular complexity index is 359. The Morgan fingerprint density at radius 3 is 3.13 bits per heavy atom. The monoisotopic (exact) mass is 204 g/mol. The number of fused-ring (bicyclic) bond motifs is 1. The second kappa shape index (κ2) is 3.83. The van der Waals surface area contributed by atoms with Crippen LogP contribution in [-0.2, 0) is 11.2 Å². The summed E-state index contributed by atoms with van der Waals surface area (Å²) in [6, 6.07) is 6.35. The lowest BCUT2D eigenvalue weighted by Gasteiger charge is -2.23. The van der Waals surface area contributed by atoms with E-state index in [0.717, 1.165) is 38.5 Å². The average molecular weight is 204 g/mol. The van der Waals surface area contributed by atoms with Gasteiger partial charge in [-0.05, 0) is 23.3 Å². The zero-order valence-corrected chi connectivity index (χ0v) is 8.61. The van der Waals surface area contributed by atoms with E-state index in [0.29, 0.717) is 0 Å². The zero-order chi connectivity index (χ0) is 10.1. The molecule has 1 atom stereocenters. The van der Waals surface area contributed by atoms with E-state index < -0.39 is 0 Å². The number of hydrogen-bond acceptors (Lipinski definition) is 2. The molecule has 3 heteroatoms. The third-order valence-corrected chi connectivity index (χ3v) is 2.95. The molecule has 2 heterocycles. The van der Waals surface area contributed by atoms with E-state index in [9.17, 15) is 0 Å². The van der Waals surface area contributed by atoms with Gasteiger partial charge < -0.3 is 9.47 Å². The maximum atomic E-state index is 5.69. The minimum atomic E-state index is 0.157. The zero-order valence-electron chi connectivity index (χ0n) is 8.61. The Morgan fingerprint density at radius 1 is 1.27 bits per heavy atom. The van der Waals surface area contributed by atoms with Crippen LogP contribution in [0.15, 0.2) is 18.2 Å². The van der Waals surface area contributed by atoms with Gasteiger partial charge in [-0.2, -0.15) is 0 Å². The molecule has 1 aromatic rings. The fourth-order valence-electron chi connectivity index (χ4n) is 2.13. The van der Waals surface area contributed by atoms with E-state index in [1.165, 1.54) is 11.1 Å². The quantitative estimate of drug-likeness (QED) is 0.690. The summed E-state index contributed by atoms with van der Waals surface area (Å²) in [7, 11) is 0. The van der Waals surface area contributed by atoms with E-state index in [1.807, 2.05) is 0 Å². The molecule has 1 radical (unpaired) electrons. The number of hydrogen-bond donors (Lipinski definition) is 0. The van der Waals surface area contributed by atoms with Crippen LogP contribution in [0.4, 0.5) is 0 Å². The van der Waals surface area contributed by atoms with Gasteiger partial charge in [0.2, 0.25) is 0 Å². The van der Waals surface area contributed by atoms with E-state index >= 15 is 0 Å². The maximum Gasteiger partial charge on any atom is 0.122 e. The van der Waals surface area contributed by atoms with Gasteiger partial charge in [0.25, 0.3) is 0 Å². The fraction of sp³-hybridized carbons (Fsp3) is 0.500. The number of benzene rings is 1. The molecule has 0 spiro atoms. The lowest BCUT2D eigenvalue weighted by molar-refractivity contribution is 0.0260. The van der Waals surface area contributed by atoms with Crippen molar-refractivity contribution < 1.29 is 9.47 Å². The first-order valence-electron chi connectivity index (χ1n) is 5.44. The molecule has 79 valence electrons. The summed E-state index contributed by atoms with van der Waals surface area (Å²) in [4.78, 5) is 0. The number of rotatable bonds is 1. The molecule has 0 N–H and O–H groups in total. The van der Waals surface area contributed by atoms with Crippen molar-refractivity contribution in [2.24, 2.45) is 0 Å². The Labute approximate surface area is 89.4 Å². The lowest BCUT2D eigenvalue weighted by Crippen LogP contribution is -2.28. The molecule has 1 fully saturated rings. The van der Waals surface area contributed by atoms with Crippen molar-refractivity contribution in [3.05, 3.63) is 29.3 Å². The molecule has 1 saturated heterocycles. The predicted octanol–water partition coefficient (Wildman–Crippen LogP) is 1.30. The second-order valence-electron chi connectivity index (χ2n) is 3.95. The Hall–Kier alpha value is -1.06. The molecule has 15 heavy (non-hydrogen) atoms. The second-order valence-corrected chi connectivity index (χ2v) is 3.95. The van der Waals surface area contributed by atoms with Gasteiger partial charge in [-0.15, -0.1) is 0 Å². The molecule has 2 aliphatic rings. The topological polar surface area (TPSA) is 32.6 Å². The van der Waals surface area contributed by atoms with Crippen molar-refractivity contribution in [1.29, 1.82) is 0 Å². The normalized spacial score (nSPS) is 24.7. The molecule has 2 aliphatic heterocycles. The summed E-state index contributed by atoms with van der Waals surface area (Å²) in [5.74, 6) is 1.03. The largest absolute Gasteiger partial charge is 0.493 e. The standard InChI is InChI=1S/C12H14NO2/c1-2-11-10(3-5-14-11)7-9(1)12-8-13-4-6-15-12/h1-2,7,12H,3-6,8H2/t12-/m1/s1. The molecule has 3 rings (SSSR count). The van der Waals surface area contributed by atoms with Crippen LogP contribution in [0.1, 0.15) is 17.2 Å². The van der Waals surface area contributed by atoms with Crippen molar-refractivity contribution in [2.45, 2.75) is 12.5 Å². The minimum Gasteiger partial charge on any atom is -0.493 e. The van der Waals surface area contributed by atoms with Gasteiger partial charge in [-0.25, -0.2) is 5.32 Å². The van der Waals surface area contributed by atoms with Gasteiger partial charge in [0, 0.05) is 19.5 Å². The molecule has 0 aromatic heterocycles. The van der Waals surface area contributed by atoms with Crippen LogP contribution in [-0.4, -0.2) is 26.3 Å². The van der Waals surface area contributed by atoms with Crippen molar-refractivity contribution >= 4 is 0 Å². The maximum absolute atomic E-state index is 5.69. The van der Waals surface area contributed by atoms with E-state index in [2.05, 4.69) is 23.5 Å². The lowest BCUT2D eigenvalue weighted by atomic mass is 10.0. The molecule has 3 nitrogen and oxygen atoms in total. The van der Waals surface area contributed by atoms with Gasteiger partial charge in [0.1, 0.15) is 5.75 Å². The first-order valence-corrected chi connectivity index (χ1v) is 5.44. The van der Waals surface area contributed by atoms with Gasteiger partial charge >= 0.3 is 0 Å². The highest BCUT2D eigenvalue weighted by atomic mass is 16.5. The molecule has 0 saturated carbocycles. The van der Waals surface area contributed by atoms with Crippen molar-refractivity contribution in [2.75, 3.05) is 26.3 Å². The summed E-state index contributed by atoms with van der Waals surface area (Å²) in [6.45, 7) is 3.19. The molecule has 0 aliphatic carbocycles. The third kappa shape index (κ3) is 1.73. The van der Waals surface area contributed by atoms with Crippen LogP contribution in [0, 0.1) is 0 Å². The Balaban J connectivity index is 1.85. The summed E-state index contributed by atoms with van der Waals surface area (Å²) in [5, 5.41) is 4.37. The molecule has 0 bridgehead atoms. The number of ether oxygens (including phenoxy) is 2. The van der Waals surface area contributed by atoms with E-state index in [1.54, 1.807) is 0 Å². The van der Waals surface area contributed by atoms with Crippen molar-refractivity contribution in [3.63, 3.8) is 0 Å².